The first-order valence-corrected chi connectivity index (χ1v) is 10.9. The summed E-state index contributed by atoms with van der Waals surface area (Å²) < 4.78 is 2.19. The fourth-order valence-corrected chi connectivity index (χ4v) is 4.84. The summed E-state index contributed by atoms with van der Waals surface area (Å²) in [5, 5.41) is 3.55. The van der Waals surface area contributed by atoms with Crippen LogP contribution < -0.4 is 5.32 Å². The van der Waals surface area contributed by atoms with Gasteiger partial charge in [-0.05, 0) is 48.9 Å². The third-order valence-electron chi connectivity index (χ3n) is 3.96. The summed E-state index contributed by atoms with van der Waals surface area (Å²) in [7, 11) is 0. The fourth-order valence-electron chi connectivity index (χ4n) is 2.54. The third-order valence-corrected chi connectivity index (χ3v) is 6.46. The lowest BCUT2D eigenvalue weighted by molar-refractivity contribution is 0.102. The Morgan fingerprint density at radius 1 is 1.15 bits per heavy atom. The molecule has 0 aliphatic rings. The van der Waals surface area contributed by atoms with Crippen molar-refractivity contribution in [1.82, 2.24) is 4.98 Å². The lowest BCUT2D eigenvalue weighted by Crippen LogP contribution is -2.11. The quantitative estimate of drug-likeness (QED) is 0.329. The van der Waals surface area contributed by atoms with E-state index in [9.17, 15) is 4.79 Å². The lowest BCUT2D eigenvalue weighted by Gasteiger charge is -2.05. The first kappa shape index (κ1) is 19.2. The van der Waals surface area contributed by atoms with Gasteiger partial charge in [0.15, 0.2) is 4.34 Å². The zero-order chi connectivity index (χ0) is 18.4. The number of unbranched alkanes of at least 4 members (excludes halogenated alkanes) is 3. The second kappa shape index (κ2) is 9.40. The van der Waals surface area contributed by atoms with E-state index in [4.69, 9.17) is 11.6 Å². The van der Waals surface area contributed by atoms with Gasteiger partial charge in [0.2, 0.25) is 0 Å². The smallest absolute Gasteiger partial charge is 0.255 e. The van der Waals surface area contributed by atoms with Crippen LogP contribution in [0.2, 0.25) is 5.02 Å². The van der Waals surface area contributed by atoms with Crippen LogP contribution in [0, 0.1) is 0 Å². The van der Waals surface area contributed by atoms with Gasteiger partial charge in [-0.3, -0.25) is 4.79 Å². The van der Waals surface area contributed by atoms with E-state index in [0.29, 0.717) is 10.6 Å². The Labute approximate surface area is 167 Å². The first-order valence-electron chi connectivity index (χ1n) is 8.76. The van der Waals surface area contributed by atoms with Crippen molar-refractivity contribution in [2.75, 3.05) is 11.1 Å². The van der Waals surface area contributed by atoms with Crippen molar-refractivity contribution < 1.29 is 4.79 Å². The molecule has 0 saturated heterocycles. The van der Waals surface area contributed by atoms with Gasteiger partial charge in [0, 0.05) is 22.0 Å². The molecule has 0 radical (unpaired) electrons. The summed E-state index contributed by atoms with van der Waals surface area (Å²) in [5.41, 5.74) is 2.35. The molecule has 0 unspecified atom stereocenters. The molecule has 0 aliphatic heterocycles. The highest BCUT2D eigenvalue weighted by Gasteiger charge is 2.09. The van der Waals surface area contributed by atoms with E-state index in [1.807, 2.05) is 30.0 Å². The van der Waals surface area contributed by atoms with Crippen molar-refractivity contribution in [3.05, 3.63) is 53.1 Å². The van der Waals surface area contributed by atoms with E-state index in [1.54, 1.807) is 35.6 Å². The predicted octanol–water partition coefficient (Wildman–Crippen LogP) is 6.87. The maximum Gasteiger partial charge on any atom is 0.255 e. The molecule has 2 aromatic carbocycles. The van der Waals surface area contributed by atoms with E-state index in [0.717, 1.165) is 26.0 Å². The Kier molecular flexibility index (Phi) is 6.94. The standard InChI is InChI=1S/C20H21ClN2OS2/c1-2-3-4-5-12-25-20-23-17-11-10-16(13-18(17)26-20)22-19(24)14-6-8-15(21)9-7-14/h6-11,13H,2-5,12H2,1H3,(H,22,24). The number of amides is 1. The molecular weight excluding hydrogens is 384 g/mol. The number of thiazole rings is 1. The van der Waals surface area contributed by atoms with Gasteiger partial charge in [-0.15, -0.1) is 11.3 Å². The van der Waals surface area contributed by atoms with Crippen LogP contribution in [0.1, 0.15) is 43.0 Å². The predicted molar refractivity (Wildman–Crippen MR) is 114 cm³/mol. The van der Waals surface area contributed by atoms with Crippen molar-refractivity contribution >= 4 is 56.5 Å². The van der Waals surface area contributed by atoms with Crippen molar-refractivity contribution in [2.45, 2.75) is 36.9 Å². The molecule has 1 aromatic heterocycles. The number of aromatic nitrogens is 1. The fraction of sp³-hybridized carbons (Fsp3) is 0.300. The summed E-state index contributed by atoms with van der Waals surface area (Å²) in [6.07, 6.45) is 5.08. The molecule has 3 nitrogen and oxygen atoms in total. The zero-order valence-corrected chi connectivity index (χ0v) is 17.0. The van der Waals surface area contributed by atoms with E-state index in [-0.39, 0.29) is 5.91 Å². The number of thioether (sulfide) groups is 1. The molecule has 0 spiro atoms. The first-order chi connectivity index (χ1) is 12.7. The molecular formula is C20H21ClN2OS2. The Hall–Kier alpha value is -1.56. The molecule has 0 saturated carbocycles. The SMILES string of the molecule is CCCCCCSc1nc2ccc(NC(=O)c3ccc(Cl)cc3)cc2s1. The monoisotopic (exact) mass is 404 g/mol. The average molecular weight is 405 g/mol. The normalized spacial score (nSPS) is 11.0. The van der Waals surface area contributed by atoms with E-state index < -0.39 is 0 Å². The number of rotatable bonds is 8. The van der Waals surface area contributed by atoms with E-state index >= 15 is 0 Å². The Morgan fingerprint density at radius 2 is 1.96 bits per heavy atom. The van der Waals surface area contributed by atoms with Crippen molar-refractivity contribution in [3.8, 4) is 0 Å². The maximum atomic E-state index is 12.3. The number of nitrogens with zero attached hydrogens (tertiary/aromatic N) is 1. The Morgan fingerprint density at radius 3 is 2.73 bits per heavy atom. The molecule has 3 aromatic rings. The average Bonchev–Trinajstić information content (AvgIpc) is 3.04. The number of halogens is 1. The molecule has 3 rings (SSSR count). The number of benzene rings is 2. The van der Waals surface area contributed by atoms with Gasteiger partial charge in [0.1, 0.15) is 0 Å². The molecule has 1 amide bonds. The Balaban J connectivity index is 1.63. The minimum atomic E-state index is -0.143. The van der Waals surface area contributed by atoms with Gasteiger partial charge >= 0.3 is 0 Å². The van der Waals surface area contributed by atoms with Crippen LogP contribution in [0.15, 0.2) is 46.8 Å². The van der Waals surface area contributed by atoms with Crippen LogP contribution in [0.25, 0.3) is 10.2 Å². The topological polar surface area (TPSA) is 42.0 Å². The highest BCUT2D eigenvalue weighted by Crippen LogP contribution is 2.32. The van der Waals surface area contributed by atoms with Gasteiger partial charge in [0.25, 0.3) is 5.91 Å². The largest absolute Gasteiger partial charge is 0.322 e. The minimum Gasteiger partial charge on any atom is -0.322 e. The van der Waals surface area contributed by atoms with E-state index in [1.165, 1.54) is 25.7 Å². The molecule has 0 bridgehead atoms. The van der Waals surface area contributed by atoms with Gasteiger partial charge in [0.05, 0.1) is 10.2 Å². The summed E-state index contributed by atoms with van der Waals surface area (Å²) in [5.74, 6) is 0.969. The number of nitrogens with one attached hydrogen (secondary N) is 1. The van der Waals surface area contributed by atoms with Crippen molar-refractivity contribution in [1.29, 1.82) is 0 Å². The summed E-state index contributed by atoms with van der Waals surface area (Å²) in [4.78, 5) is 17.0. The molecule has 0 fully saturated rings. The molecule has 1 N–H and O–H groups in total. The summed E-state index contributed by atoms with van der Waals surface area (Å²) >= 11 is 9.37. The number of fused-ring (bicyclic) bond motifs is 1. The lowest BCUT2D eigenvalue weighted by atomic mass is 10.2. The van der Waals surface area contributed by atoms with E-state index in [2.05, 4.69) is 17.2 Å². The number of carbonyl (C=O) groups excluding carboxylic acids is 1. The highest BCUT2D eigenvalue weighted by molar-refractivity contribution is 8.01. The summed E-state index contributed by atoms with van der Waals surface area (Å²) in [6, 6.07) is 12.7. The van der Waals surface area contributed by atoms with Crippen LogP contribution in [-0.2, 0) is 0 Å². The van der Waals surface area contributed by atoms with Gasteiger partial charge in [-0.1, -0.05) is 49.5 Å². The van der Waals surface area contributed by atoms with Crippen LogP contribution in [0.5, 0.6) is 0 Å². The highest BCUT2D eigenvalue weighted by atomic mass is 35.5. The number of anilines is 1. The molecule has 6 heteroatoms. The van der Waals surface area contributed by atoms with Crippen LogP contribution in [-0.4, -0.2) is 16.6 Å². The molecule has 136 valence electrons. The molecule has 26 heavy (non-hydrogen) atoms. The molecule has 0 atom stereocenters. The second-order valence-corrected chi connectivity index (χ2v) is 8.84. The van der Waals surface area contributed by atoms with Crippen LogP contribution >= 0.6 is 34.7 Å². The minimum absolute atomic E-state index is 0.143. The number of hydrogen-bond acceptors (Lipinski definition) is 4. The van der Waals surface area contributed by atoms with Crippen molar-refractivity contribution in [3.63, 3.8) is 0 Å². The third kappa shape index (κ3) is 5.22. The zero-order valence-electron chi connectivity index (χ0n) is 14.6. The van der Waals surface area contributed by atoms with Crippen molar-refractivity contribution in [2.24, 2.45) is 0 Å². The Bertz CT molecular complexity index is 877. The number of hydrogen-bond donors (Lipinski definition) is 1. The van der Waals surface area contributed by atoms with Gasteiger partial charge in [-0.2, -0.15) is 0 Å². The maximum absolute atomic E-state index is 12.3. The molecule has 1 heterocycles. The molecule has 0 aliphatic carbocycles. The van der Waals surface area contributed by atoms with Crippen LogP contribution in [0.4, 0.5) is 5.69 Å². The van der Waals surface area contributed by atoms with Gasteiger partial charge in [-0.25, -0.2) is 4.98 Å². The van der Waals surface area contributed by atoms with Crippen LogP contribution in [0.3, 0.4) is 0 Å². The second-order valence-electron chi connectivity index (χ2n) is 6.03. The summed E-state index contributed by atoms with van der Waals surface area (Å²) in [6.45, 7) is 2.23. The van der Waals surface area contributed by atoms with Gasteiger partial charge < -0.3 is 5.32 Å². The number of carbonyl (C=O) groups is 1.